The summed E-state index contributed by atoms with van der Waals surface area (Å²) in [5.41, 5.74) is 3.00. The number of nitrogens with one attached hydrogen (secondary N) is 1. The molecule has 0 spiro atoms. The first-order valence-corrected chi connectivity index (χ1v) is 10.2. The van der Waals surface area contributed by atoms with Crippen LogP contribution in [0.3, 0.4) is 0 Å². The molecule has 1 aliphatic heterocycles. The lowest BCUT2D eigenvalue weighted by Gasteiger charge is -2.43. The van der Waals surface area contributed by atoms with E-state index in [1.807, 2.05) is 53.7 Å². The predicted molar refractivity (Wildman–Crippen MR) is 116 cm³/mol. The summed E-state index contributed by atoms with van der Waals surface area (Å²) in [5.74, 6) is -1.25. The number of benzene rings is 2. The van der Waals surface area contributed by atoms with Crippen molar-refractivity contribution < 1.29 is 14.7 Å². The number of hydrogen-bond donors (Lipinski definition) is 2. The summed E-state index contributed by atoms with van der Waals surface area (Å²) in [4.78, 5) is 30.2. The van der Waals surface area contributed by atoms with Crippen molar-refractivity contribution in [3.8, 4) is 0 Å². The summed E-state index contributed by atoms with van der Waals surface area (Å²) in [5, 5.41) is 14.3. The molecule has 30 heavy (non-hydrogen) atoms. The molecule has 2 aromatic carbocycles. The monoisotopic (exact) mass is 406 g/mol. The van der Waals surface area contributed by atoms with Gasteiger partial charge in [-0.1, -0.05) is 36.4 Å². The highest BCUT2D eigenvalue weighted by Gasteiger charge is 2.34. The fourth-order valence-electron chi connectivity index (χ4n) is 4.21. The van der Waals surface area contributed by atoms with Crippen molar-refractivity contribution >= 4 is 28.5 Å². The first-order chi connectivity index (χ1) is 14.5. The number of rotatable bonds is 6. The van der Waals surface area contributed by atoms with Crippen molar-refractivity contribution in [3.05, 3.63) is 66.4 Å². The van der Waals surface area contributed by atoms with Crippen LogP contribution in [-0.2, 0) is 16.0 Å². The first-order valence-electron chi connectivity index (χ1n) is 10.2. The van der Waals surface area contributed by atoms with Gasteiger partial charge in [0.1, 0.15) is 6.04 Å². The standard InChI is InChI=1S/C23H26N4O3/c1-17(28)27(26-13-11-25(12-14-26)19-7-3-2-4-8-19)22(23(29)30)15-18-16-24-21-10-6-5-9-20(18)21/h2-10,16,22,24H,11-15H2,1H3,(H,29,30). The Kier molecular flexibility index (Phi) is 5.72. The number of carboxylic acids is 1. The number of para-hydroxylation sites is 2. The molecule has 0 saturated carbocycles. The van der Waals surface area contributed by atoms with Crippen LogP contribution >= 0.6 is 0 Å². The summed E-state index contributed by atoms with van der Waals surface area (Å²) in [6, 6.07) is 17.0. The summed E-state index contributed by atoms with van der Waals surface area (Å²) in [7, 11) is 0. The number of piperazine rings is 1. The highest BCUT2D eigenvalue weighted by atomic mass is 16.4. The largest absolute Gasteiger partial charge is 0.480 e. The number of amides is 1. The fourth-order valence-corrected chi connectivity index (χ4v) is 4.21. The van der Waals surface area contributed by atoms with E-state index in [0.29, 0.717) is 13.1 Å². The molecule has 0 radical (unpaired) electrons. The minimum atomic E-state index is -0.999. The van der Waals surface area contributed by atoms with Crippen molar-refractivity contribution in [2.45, 2.75) is 19.4 Å². The second kappa shape index (κ2) is 8.59. The second-order valence-electron chi connectivity index (χ2n) is 7.56. The Hall–Kier alpha value is -3.32. The van der Waals surface area contributed by atoms with E-state index in [9.17, 15) is 14.7 Å². The number of fused-ring (bicyclic) bond motifs is 1. The summed E-state index contributed by atoms with van der Waals surface area (Å²) in [6.07, 6.45) is 2.09. The van der Waals surface area contributed by atoms with Crippen LogP contribution in [0.5, 0.6) is 0 Å². The molecular formula is C23H26N4O3. The molecular weight excluding hydrogens is 380 g/mol. The van der Waals surface area contributed by atoms with Crippen molar-refractivity contribution in [1.29, 1.82) is 0 Å². The summed E-state index contributed by atoms with van der Waals surface area (Å²) >= 11 is 0. The maximum Gasteiger partial charge on any atom is 0.328 e. The zero-order valence-corrected chi connectivity index (χ0v) is 17.0. The normalized spacial score (nSPS) is 15.8. The lowest BCUT2D eigenvalue weighted by molar-refractivity contribution is -0.167. The van der Waals surface area contributed by atoms with E-state index in [2.05, 4.69) is 22.0 Å². The molecule has 156 valence electrons. The van der Waals surface area contributed by atoms with Gasteiger partial charge in [-0.15, -0.1) is 0 Å². The number of anilines is 1. The molecule has 0 bridgehead atoms. The van der Waals surface area contributed by atoms with Gasteiger partial charge < -0.3 is 15.0 Å². The van der Waals surface area contributed by atoms with Crippen LogP contribution in [0.2, 0.25) is 0 Å². The number of aliphatic carboxylic acids is 1. The molecule has 7 nitrogen and oxygen atoms in total. The van der Waals surface area contributed by atoms with Crippen LogP contribution in [0.25, 0.3) is 10.9 Å². The molecule has 4 rings (SSSR count). The summed E-state index contributed by atoms with van der Waals surface area (Å²) in [6.45, 7) is 4.08. The lowest BCUT2D eigenvalue weighted by Crippen LogP contribution is -2.60. The van der Waals surface area contributed by atoms with Crippen LogP contribution in [0.4, 0.5) is 5.69 Å². The van der Waals surface area contributed by atoms with Crippen LogP contribution in [0.15, 0.2) is 60.8 Å². The number of aromatic nitrogens is 1. The molecule has 1 aliphatic rings. The van der Waals surface area contributed by atoms with Gasteiger partial charge >= 0.3 is 5.97 Å². The Balaban J connectivity index is 1.53. The lowest BCUT2D eigenvalue weighted by atomic mass is 10.0. The van der Waals surface area contributed by atoms with Gasteiger partial charge in [0.05, 0.1) is 0 Å². The highest BCUT2D eigenvalue weighted by Crippen LogP contribution is 2.23. The second-order valence-corrected chi connectivity index (χ2v) is 7.56. The van der Waals surface area contributed by atoms with Gasteiger partial charge in [-0.2, -0.15) is 0 Å². The van der Waals surface area contributed by atoms with Crippen LogP contribution in [-0.4, -0.2) is 64.2 Å². The molecule has 2 heterocycles. The van der Waals surface area contributed by atoms with E-state index in [0.717, 1.165) is 35.2 Å². The van der Waals surface area contributed by atoms with Crippen molar-refractivity contribution in [3.63, 3.8) is 0 Å². The first kappa shape index (κ1) is 20.0. The minimum Gasteiger partial charge on any atom is -0.480 e. The Morgan fingerprint density at radius 2 is 1.70 bits per heavy atom. The number of carboxylic acid groups (broad SMARTS) is 1. The quantitative estimate of drug-likeness (QED) is 0.658. The van der Waals surface area contributed by atoms with Gasteiger partial charge in [-0.05, 0) is 23.8 Å². The molecule has 3 aromatic rings. The molecule has 1 saturated heterocycles. The zero-order valence-electron chi connectivity index (χ0n) is 17.0. The third kappa shape index (κ3) is 4.02. The Bertz CT molecular complexity index is 1030. The number of H-pyrrole nitrogens is 1. The van der Waals surface area contributed by atoms with Gasteiger partial charge in [0.2, 0.25) is 5.91 Å². The van der Waals surface area contributed by atoms with E-state index in [4.69, 9.17) is 0 Å². The Labute approximate surface area is 175 Å². The fraction of sp³-hybridized carbons (Fsp3) is 0.304. The molecule has 2 N–H and O–H groups in total. The summed E-state index contributed by atoms with van der Waals surface area (Å²) < 4.78 is 0. The maximum absolute atomic E-state index is 12.5. The smallest absolute Gasteiger partial charge is 0.328 e. The van der Waals surface area contributed by atoms with E-state index in [-0.39, 0.29) is 12.3 Å². The Morgan fingerprint density at radius 3 is 2.37 bits per heavy atom. The predicted octanol–water partition coefficient (Wildman–Crippen LogP) is 2.75. The topological polar surface area (TPSA) is 79.9 Å². The number of aromatic amines is 1. The number of hydrazine groups is 1. The van der Waals surface area contributed by atoms with Crippen molar-refractivity contribution in [2.24, 2.45) is 0 Å². The van der Waals surface area contributed by atoms with Crippen LogP contribution in [0, 0.1) is 0 Å². The highest BCUT2D eigenvalue weighted by molar-refractivity contribution is 5.86. The van der Waals surface area contributed by atoms with Gasteiger partial charge in [0, 0.05) is 62.3 Å². The van der Waals surface area contributed by atoms with Gasteiger partial charge in [0.25, 0.3) is 0 Å². The van der Waals surface area contributed by atoms with E-state index in [1.54, 1.807) is 0 Å². The molecule has 1 atom stereocenters. The SMILES string of the molecule is CC(=O)N(C(Cc1c[nH]c2ccccc12)C(=O)O)N1CCN(c2ccccc2)CC1. The molecule has 7 heteroatoms. The number of carbonyl (C=O) groups excluding carboxylic acids is 1. The molecule has 0 aliphatic carbocycles. The average Bonchev–Trinajstić information content (AvgIpc) is 3.17. The third-order valence-electron chi connectivity index (χ3n) is 5.67. The molecule has 1 aromatic heterocycles. The van der Waals surface area contributed by atoms with Gasteiger partial charge in [-0.25, -0.2) is 9.80 Å². The van der Waals surface area contributed by atoms with Gasteiger partial charge in [-0.3, -0.25) is 9.80 Å². The number of carbonyl (C=O) groups is 2. The van der Waals surface area contributed by atoms with Crippen LogP contribution < -0.4 is 4.90 Å². The van der Waals surface area contributed by atoms with Crippen molar-refractivity contribution in [1.82, 2.24) is 15.0 Å². The third-order valence-corrected chi connectivity index (χ3v) is 5.67. The average molecular weight is 406 g/mol. The molecule has 1 fully saturated rings. The minimum absolute atomic E-state index is 0.248. The van der Waals surface area contributed by atoms with E-state index < -0.39 is 12.0 Å². The van der Waals surface area contributed by atoms with E-state index in [1.165, 1.54) is 11.9 Å². The van der Waals surface area contributed by atoms with Crippen molar-refractivity contribution in [2.75, 3.05) is 31.1 Å². The zero-order chi connectivity index (χ0) is 21.1. The van der Waals surface area contributed by atoms with Crippen LogP contribution in [0.1, 0.15) is 12.5 Å². The number of hydrogen-bond acceptors (Lipinski definition) is 4. The maximum atomic E-state index is 12.5. The number of nitrogens with zero attached hydrogens (tertiary/aromatic N) is 3. The molecule has 1 unspecified atom stereocenters. The van der Waals surface area contributed by atoms with E-state index >= 15 is 0 Å². The van der Waals surface area contributed by atoms with Gasteiger partial charge in [0.15, 0.2) is 0 Å². The molecule has 1 amide bonds. The Morgan fingerprint density at radius 1 is 1.03 bits per heavy atom.